The van der Waals surface area contributed by atoms with Crippen LogP contribution in [-0.4, -0.2) is 42.9 Å². The van der Waals surface area contributed by atoms with Gasteiger partial charge in [0.15, 0.2) is 5.65 Å². The molecule has 1 aliphatic rings. The van der Waals surface area contributed by atoms with Gasteiger partial charge in [-0.1, -0.05) is 0 Å². The number of aliphatic hydroxyl groups is 2. The van der Waals surface area contributed by atoms with Crippen LogP contribution in [0.4, 0.5) is 4.39 Å². The summed E-state index contributed by atoms with van der Waals surface area (Å²) in [4.78, 5) is 12.2. The van der Waals surface area contributed by atoms with E-state index in [2.05, 4.69) is 15.0 Å². The molecule has 3 rings (SSSR count). The van der Waals surface area contributed by atoms with Gasteiger partial charge in [-0.15, -0.1) is 0 Å². The highest BCUT2D eigenvalue weighted by Gasteiger charge is 2.47. The number of halogens is 1. The standard InChI is InChI=1S/C12H13FN4O2/c13-1-7-8(3-18)9(4-19)11(7)17-6-16-10-2-14-5-15-12(10)17/h1-2,5-6,8-9,11,18-19H,3-4H2/b7-1-/t8-,9+,11+/m0/s1. The molecule has 7 heteroatoms. The molecular weight excluding hydrogens is 251 g/mol. The minimum Gasteiger partial charge on any atom is -0.396 e. The van der Waals surface area contributed by atoms with Gasteiger partial charge in [0.2, 0.25) is 0 Å². The minimum absolute atomic E-state index is 0.127. The summed E-state index contributed by atoms with van der Waals surface area (Å²) >= 11 is 0. The smallest absolute Gasteiger partial charge is 0.163 e. The van der Waals surface area contributed by atoms with E-state index in [1.165, 1.54) is 6.33 Å². The molecule has 19 heavy (non-hydrogen) atoms. The van der Waals surface area contributed by atoms with Gasteiger partial charge in [0.25, 0.3) is 0 Å². The Labute approximate surface area is 108 Å². The van der Waals surface area contributed by atoms with Gasteiger partial charge in [-0.3, -0.25) is 0 Å². The van der Waals surface area contributed by atoms with Crippen LogP contribution in [0.25, 0.3) is 11.2 Å². The van der Waals surface area contributed by atoms with E-state index in [0.29, 0.717) is 23.1 Å². The van der Waals surface area contributed by atoms with Crippen LogP contribution in [-0.2, 0) is 0 Å². The molecule has 3 atom stereocenters. The molecule has 100 valence electrons. The second-order valence-electron chi connectivity index (χ2n) is 4.57. The molecule has 2 aromatic heterocycles. The van der Waals surface area contributed by atoms with Crippen LogP contribution in [0.2, 0.25) is 0 Å². The maximum atomic E-state index is 13.0. The summed E-state index contributed by atoms with van der Waals surface area (Å²) in [5.74, 6) is -0.585. The summed E-state index contributed by atoms with van der Waals surface area (Å²) in [5, 5.41) is 18.7. The Morgan fingerprint density at radius 2 is 2.16 bits per heavy atom. The summed E-state index contributed by atoms with van der Waals surface area (Å²) in [6.07, 6.45) is 5.04. The van der Waals surface area contributed by atoms with Crippen LogP contribution >= 0.6 is 0 Å². The zero-order chi connectivity index (χ0) is 13.4. The molecule has 6 nitrogen and oxygen atoms in total. The third-order valence-electron chi connectivity index (χ3n) is 3.76. The van der Waals surface area contributed by atoms with E-state index in [4.69, 9.17) is 0 Å². The molecule has 0 unspecified atom stereocenters. The Morgan fingerprint density at radius 1 is 1.32 bits per heavy atom. The van der Waals surface area contributed by atoms with Crippen LogP contribution in [0.15, 0.2) is 30.8 Å². The van der Waals surface area contributed by atoms with Crippen LogP contribution in [0.1, 0.15) is 6.04 Å². The number of hydrogen-bond acceptors (Lipinski definition) is 5. The molecule has 0 aromatic carbocycles. The van der Waals surface area contributed by atoms with Crippen molar-refractivity contribution in [2.24, 2.45) is 11.8 Å². The first-order valence-corrected chi connectivity index (χ1v) is 5.96. The molecule has 2 N–H and O–H groups in total. The minimum atomic E-state index is -0.355. The zero-order valence-electron chi connectivity index (χ0n) is 10.0. The van der Waals surface area contributed by atoms with Gasteiger partial charge in [-0.05, 0) is 5.57 Å². The number of aromatic nitrogens is 4. The average molecular weight is 264 g/mol. The van der Waals surface area contributed by atoms with E-state index in [0.717, 1.165) is 0 Å². The van der Waals surface area contributed by atoms with Crippen molar-refractivity contribution in [2.75, 3.05) is 13.2 Å². The van der Waals surface area contributed by atoms with Gasteiger partial charge >= 0.3 is 0 Å². The molecule has 2 aromatic rings. The Balaban J connectivity index is 2.06. The molecule has 1 fully saturated rings. The van der Waals surface area contributed by atoms with E-state index in [1.54, 1.807) is 17.1 Å². The monoisotopic (exact) mass is 264 g/mol. The normalized spacial score (nSPS) is 28.8. The first kappa shape index (κ1) is 12.2. The fourth-order valence-corrected chi connectivity index (χ4v) is 2.78. The first-order valence-electron chi connectivity index (χ1n) is 5.96. The molecule has 2 heterocycles. The highest BCUT2D eigenvalue weighted by atomic mass is 19.1. The molecule has 1 saturated carbocycles. The Morgan fingerprint density at radius 3 is 2.84 bits per heavy atom. The fourth-order valence-electron chi connectivity index (χ4n) is 2.78. The number of rotatable bonds is 3. The SMILES string of the molecule is OC[C@H]1[C@H](n2cnc3cncnc32)/C(=C\F)[C@@H]1CO. The topological polar surface area (TPSA) is 84.1 Å². The van der Waals surface area contributed by atoms with Crippen molar-refractivity contribution in [2.45, 2.75) is 6.04 Å². The van der Waals surface area contributed by atoms with Crippen LogP contribution < -0.4 is 0 Å². The summed E-state index contributed by atoms with van der Waals surface area (Å²) in [6, 6.07) is -0.355. The van der Waals surface area contributed by atoms with Gasteiger partial charge in [-0.25, -0.2) is 19.3 Å². The van der Waals surface area contributed by atoms with Crippen molar-refractivity contribution >= 4 is 11.2 Å². The van der Waals surface area contributed by atoms with E-state index >= 15 is 0 Å². The quantitative estimate of drug-likeness (QED) is 0.841. The largest absolute Gasteiger partial charge is 0.396 e. The van der Waals surface area contributed by atoms with Gasteiger partial charge < -0.3 is 14.8 Å². The van der Waals surface area contributed by atoms with Crippen molar-refractivity contribution in [1.29, 1.82) is 0 Å². The number of aliphatic hydroxyl groups excluding tert-OH is 2. The Kier molecular flexibility index (Phi) is 3.00. The van der Waals surface area contributed by atoms with E-state index in [1.807, 2.05) is 0 Å². The third kappa shape index (κ3) is 1.66. The molecular formula is C12H13FN4O2. The number of fused-ring (bicyclic) bond motifs is 1. The lowest BCUT2D eigenvalue weighted by Gasteiger charge is -2.45. The van der Waals surface area contributed by atoms with Crippen LogP contribution in [0.5, 0.6) is 0 Å². The lowest BCUT2D eigenvalue weighted by Crippen LogP contribution is -2.45. The average Bonchev–Trinajstić information content (AvgIpc) is 2.83. The van der Waals surface area contributed by atoms with Crippen molar-refractivity contribution < 1.29 is 14.6 Å². The third-order valence-corrected chi connectivity index (χ3v) is 3.76. The summed E-state index contributed by atoms with van der Waals surface area (Å²) in [6.45, 7) is -0.308. The predicted octanol–water partition coefficient (Wildman–Crippen LogP) is 0.451. The van der Waals surface area contributed by atoms with Crippen LogP contribution in [0, 0.1) is 11.8 Å². The second kappa shape index (κ2) is 4.67. The lowest BCUT2D eigenvalue weighted by molar-refractivity contribution is 0.0510. The van der Waals surface area contributed by atoms with Gasteiger partial charge in [0, 0.05) is 18.4 Å². The summed E-state index contributed by atoms with van der Waals surface area (Å²) < 4.78 is 14.7. The highest BCUT2D eigenvalue weighted by molar-refractivity contribution is 5.69. The molecule has 0 radical (unpaired) electrons. The van der Waals surface area contributed by atoms with Crippen molar-refractivity contribution in [3.05, 3.63) is 30.8 Å². The van der Waals surface area contributed by atoms with Crippen molar-refractivity contribution in [3.8, 4) is 0 Å². The second-order valence-corrected chi connectivity index (χ2v) is 4.57. The van der Waals surface area contributed by atoms with Gasteiger partial charge in [0.05, 0.1) is 31.5 Å². The maximum absolute atomic E-state index is 13.0. The van der Waals surface area contributed by atoms with Gasteiger partial charge in [0.1, 0.15) is 11.8 Å². The van der Waals surface area contributed by atoms with Crippen LogP contribution in [0.3, 0.4) is 0 Å². The van der Waals surface area contributed by atoms with E-state index in [-0.39, 0.29) is 31.1 Å². The summed E-state index contributed by atoms with van der Waals surface area (Å²) in [5.41, 5.74) is 1.67. The molecule has 0 aliphatic heterocycles. The zero-order valence-corrected chi connectivity index (χ0v) is 10.0. The Hall–Kier alpha value is -1.86. The molecule has 0 saturated heterocycles. The number of hydrogen-bond donors (Lipinski definition) is 2. The van der Waals surface area contributed by atoms with Crippen molar-refractivity contribution in [1.82, 2.24) is 19.5 Å². The predicted molar refractivity (Wildman–Crippen MR) is 64.7 cm³/mol. The Bertz CT molecular complexity index is 627. The molecule has 0 spiro atoms. The molecule has 1 aliphatic carbocycles. The highest BCUT2D eigenvalue weighted by Crippen LogP contribution is 2.49. The van der Waals surface area contributed by atoms with E-state index < -0.39 is 0 Å². The fraction of sp³-hybridized carbons (Fsp3) is 0.417. The first-order chi connectivity index (χ1) is 9.31. The maximum Gasteiger partial charge on any atom is 0.163 e. The van der Waals surface area contributed by atoms with Gasteiger partial charge in [-0.2, -0.15) is 0 Å². The molecule has 0 bridgehead atoms. The van der Waals surface area contributed by atoms with Crippen molar-refractivity contribution in [3.63, 3.8) is 0 Å². The van der Waals surface area contributed by atoms with E-state index in [9.17, 15) is 14.6 Å². The number of imidazole rings is 1. The molecule has 0 amide bonds. The number of nitrogens with zero attached hydrogens (tertiary/aromatic N) is 4. The summed E-state index contributed by atoms with van der Waals surface area (Å²) in [7, 11) is 0. The lowest BCUT2D eigenvalue weighted by atomic mass is 9.66.